The highest BCUT2D eigenvalue weighted by Gasteiger charge is 2.21. The Morgan fingerprint density at radius 1 is 1.29 bits per heavy atom. The molecule has 0 radical (unpaired) electrons. The molecule has 1 rings (SSSR count). The van der Waals surface area contributed by atoms with Crippen molar-refractivity contribution < 1.29 is 14.4 Å². The van der Waals surface area contributed by atoms with E-state index < -0.39 is 11.0 Å². The molecule has 6 nitrogen and oxygen atoms in total. The highest BCUT2D eigenvalue weighted by Crippen LogP contribution is 2.36. The molecule has 0 aliphatic rings. The second kappa shape index (κ2) is 6.27. The van der Waals surface area contributed by atoms with Gasteiger partial charge in [0.25, 0.3) is 5.69 Å². The lowest BCUT2D eigenvalue weighted by Crippen LogP contribution is -2.09. The zero-order valence-electron chi connectivity index (χ0n) is 9.80. The Labute approximate surface area is 105 Å². The zero-order valence-corrected chi connectivity index (χ0v) is 10.6. The van der Waals surface area contributed by atoms with E-state index >= 15 is 0 Å². The molecule has 0 saturated carbocycles. The number of nitrogens with zero attached hydrogens (tertiary/aromatic N) is 1. The predicted octanol–water partition coefficient (Wildman–Crippen LogP) is 2.05. The number of nitro groups is 1. The normalized spacial score (nSPS) is 11.3. The second-order valence-electron chi connectivity index (χ2n) is 3.31. The summed E-state index contributed by atoms with van der Waals surface area (Å²) in [5.74, 6) is 0.749. The van der Waals surface area contributed by atoms with Crippen molar-refractivity contribution in [2.45, 2.75) is 13.0 Å². The van der Waals surface area contributed by atoms with Crippen LogP contribution in [-0.4, -0.2) is 19.1 Å². The molecule has 2 N–H and O–H groups in total. The summed E-state index contributed by atoms with van der Waals surface area (Å²) in [6, 6.07) is 2.40. The fraction of sp³-hybridized carbons (Fsp3) is 0.400. The molecule has 0 bridgehead atoms. The lowest BCUT2D eigenvalue weighted by molar-refractivity contribution is -0.385. The second-order valence-corrected chi connectivity index (χ2v) is 3.31. The molecule has 0 spiro atoms. The summed E-state index contributed by atoms with van der Waals surface area (Å²) in [5, 5.41) is 10.8. The van der Waals surface area contributed by atoms with Gasteiger partial charge in [-0.1, -0.05) is 0 Å². The van der Waals surface area contributed by atoms with Crippen LogP contribution in [0, 0.1) is 10.1 Å². The molecule has 1 atom stereocenters. The third kappa shape index (κ3) is 3.21. The Hall–Kier alpha value is -1.53. The van der Waals surface area contributed by atoms with Crippen molar-refractivity contribution in [2.75, 3.05) is 14.2 Å². The highest BCUT2D eigenvalue weighted by molar-refractivity contribution is 5.85. The molecule has 0 aromatic heterocycles. The Morgan fingerprint density at radius 3 is 2.12 bits per heavy atom. The number of ether oxygens (including phenoxy) is 2. The average molecular weight is 263 g/mol. The van der Waals surface area contributed by atoms with E-state index in [4.69, 9.17) is 15.2 Å². The minimum Gasteiger partial charge on any atom is -0.493 e. The average Bonchev–Trinajstić information content (AvgIpc) is 2.26. The van der Waals surface area contributed by atoms with Crippen LogP contribution in [-0.2, 0) is 0 Å². The van der Waals surface area contributed by atoms with Crippen LogP contribution in [0.25, 0.3) is 0 Å². The van der Waals surface area contributed by atoms with Crippen molar-refractivity contribution in [3.05, 3.63) is 27.8 Å². The highest BCUT2D eigenvalue weighted by atomic mass is 35.5. The number of halogens is 1. The van der Waals surface area contributed by atoms with Crippen LogP contribution in [0.2, 0.25) is 0 Å². The minimum absolute atomic E-state index is 0. The molecule has 0 heterocycles. The lowest BCUT2D eigenvalue weighted by atomic mass is 10.1. The molecule has 7 heteroatoms. The number of hydrogen-bond donors (Lipinski definition) is 1. The fourth-order valence-corrected chi connectivity index (χ4v) is 1.41. The minimum atomic E-state index is -0.485. The van der Waals surface area contributed by atoms with Gasteiger partial charge in [0.2, 0.25) is 0 Å². The van der Waals surface area contributed by atoms with Gasteiger partial charge in [-0.2, -0.15) is 0 Å². The van der Waals surface area contributed by atoms with E-state index in [-0.39, 0.29) is 18.1 Å². The summed E-state index contributed by atoms with van der Waals surface area (Å²) in [5.41, 5.74) is 6.02. The van der Waals surface area contributed by atoms with Gasteiger partial charge in [0.1, 0.15) is 0 Å². The molecule has 1 aromatic rings. The van der Waals surface area contributed by atoms with Gasteiger partial charge in [-0.25, -0.2) is 0 Å². The van der Waals surface area contributed by atoms with E-state index in [2.05, 4.69) is 0 Å². The molecular formula is C10H15ClN2O4. The maximum Gasteiger partial charge on any atom is 0.278 e. The van der Waals surface area contributed by atoms with Gasteiger partial charge in [0.15, 0.2) is 11.5 Å². The van der Waals surface area contributed by atoms with Crippen molar-refractivity contribution >= 4 is 18.1 Å². The Bertz CT molecular complexity index is 410. The van der Waals surface area contributed by atoms with Gasteiger partial charge in [0.05, 0.1) is 30.8 Å². The summed E-state index contributed by atoms with van der Waals surface area (Å²) in [4.78, 5) is 10.4. The van der Waals surface area contributed by atoms with Crippen molar-refractivity contribution in [2.24, 2.45) is 5.73 Å². The molecule has 0 fully saturated rings. The molecule has 1 aromatic carbocycles. The first kappa shape index (κ1) is 15.5. The summed E-state index contributed by atoms with van der Waals surface area (Å²) in [6.45, 7) is 1.67. The lowest BCUT2D eigenvalue weighted by Gasteiger charge is -2.12. The van der Waals surface area contributed by atoms with Crippen molar-refractivity contribution in [1.29, 1.82) is 0 Å². The largest absolute Gasteiger partial charge is 0.493 e. The van der Waals surface area contributed by atoms with E-state index in [0.29, 0.717) is 17.1 Å². The van der Waals surface area contributed by atoms with Gasteiger partial charge in [-0.15, -0.1) is 12.4 Å². The van der Waals surface area contributed by atoms with Crippen LogP contribution in [0.3, 0.4) is 0 Å². The van der Waals surface area contributed by atoms with Crippen LogP contribution < -0.4 is 15.2 Å². The molecule has 0 saturated heterocycles. The first-order valence-electron chi connectivity index (χ1n) is 4.67. The van der Waals surface area contributed by atoms with Crippen molar-refractivity contribution in [1.82, 2.24) is 0 Å². The number of nitrogens with two attached hydrogens (primary N) is 1. The third-order valence-corrected chi connectivity index (χ3v) is 2.22. The number of nitro benzene ring substituents is 1. The maximum absolute atomic E-state index is 10.8. The van der Waals surface area contributed by atoms with Crippen molar-refractivity contribution in [3.63, 3.8) is 0 Å². The number of benzene rings is 1. The summed E-state index contributed by atoms with van der Waals surface area (Å²) in [6.07, 6.45) is 0. The Kier molecular flexibility index (Phi) is 5.70. The van der Waals surface area contributed by atoms with E-state index in [1.807, 2.05) is 0 Å². The zero-order chi connectivity index (χ0) is 12.3. The Morgan fingerprint density at radius 2 is 1.76 bits per heavy atom. The smallest absolute Gasteiger partial charge is 0.278 e. The molecule has 0 aliphatic heterocycles. The van der Waals surface area contributed by atoms with Crippen LogP contribution >= 0.6 is 12.4 Å². The SMILES string of the molecule is COc1cc([C@@H](C)N)c([N+](=O)[O-])cc1OC.Cl. The molecule has 0 aliphatic carbocycles. The fourth-order valence-electron chi connectivity index (χ4n) is 1.41. The van der Waals surface area contributed by atoms with E-state index in [1.54, 1.807) is 6.92 Å². The topological polar surface area (TPSA) is 87.6 Å². The van der Waals surface area contributed by atoms with Gasteiger partial charge in [-0.3, -0.25) is 10.1 Å². The number of hydrogen-bond acceptors (Lipinski definition) is 5. The predicted molar refractivity (Wildman–Crippen MR) is 66.1 cm³/mol. The monoisotopic (exact) mass is 262 g/mol. The first-order chi connectivity index (χ1) is 7.51. The number of methoxy groups -OCH3 is 2. The van der Waals surface area contributed by atoms with E-state index in [9.17, 15) is 10.1 Å². The molecule has 0 amide bonds. The van der Waals surface area contributed by atoms with Crippen LogP contribution in [0.15, 0.2) is 12.1 Å². The Balaban J connectivity index is 0.00000256. The van der Waals surface area contributed by atoms with Crippen LogP contribution in [0.1, 0.15) is 18.5 Å². The quantitative estimate of drug-likeness (QED) is 0.663. The molecule has 17 heavy (non-hydrogen) atoms. The molecule has 0 unspecified atom stereocenters. The van der Waals surface area contributed by atoms with Crippen molar-refractivity contribution in [3.8, 4) is 11.5 Å². The summed E-state index contributed by atoms with van der Waals surface area (Å²) in [7, 11) is 2.89. The standard InChI is InChI=1S/C10H14N2O4.ClH/c1-6(11)7-4-9(15-2)10(16-3)5-8(7)12(13)14;/h4-6H,11H2,1-3H3;1H/t6-;/m1./s1. The van der Waals surface area contributed by atoms with Gasteiger partial charge >= 0.3 is 0 Å². The molecule has 96 valence electrons. The van der Waals surface area contributed by atoms with E-state index in [0.717, 1.165) is 0 Å². The van der Waals surface area contributed by atoms with E-state index in [1.165, 1.54) is 26.4 Å². The third-order valence-electron chi connectivity index (χ3n) is 2.22. The number of rotatable bonds is 4. The van der Waals surface area contributed by atoms with Gasteiger partial charge in [0, 0.05) is 6.04 Å². The maximum atomic E-state index is 10.8. The van der Waals surface area contributed by atoms with Gasteiger partial charge in [-0.05, 0) is 13.0 Å². The molecular weight excluding hydrogens is 248 g/mol. The van der Waals surface area contributed by atoms with Crippen LogP contribution in [0.4, 0.5) is 5.69 Å². The summed E-state index contributed by atoms with van der Waals surface area (Å²) < 4.78 is 10.1. The van der Waals surface area contributed by atoms with Crippen LogP contribution in [0.5, 0.6) is 11.5 Å². The first-order valence-corrected chi connectivity index (χ1v) is 4.67. The van der Waals surface area contributed by atoms with Gasteiger partial charge < -0.3 is 15.2 Å². The summed E-state index contributed by atoms with van der Waals surface area (Å²) >= 11 is 0.